The SMILES string of the molecule is C=CCSSCCCOC(=O)c1cccnc1. The smallest absolute Gasteiger partial charge is 0.339 e. The topological polar surface area (TPSA) is 39.2 Å². The zero-order chi connectivity index (χ0) is 12.3. The van der Waals surface area contributed by atoms with Crippen molar-refractivity contribution in [3.63, 3.8) is 0 Å². The molecule has 0 amide bonds. The van der Waals surface area contributed by atoms with Crippen molar-refractivity contribution < 1.29 is 9.53 Å². The Hall–Kier alpha value is -0.940. The van der Waals surface area contributed by atoms with E-state index >= 15 is 0 Å². The molecule has 92 valence electrons. The Morgan fingerprint density at radius 1 is 1.53 bits per heavy atom. The molecule has 0 aliphatic heterocycles. The van der Waals surface area contributed by atoms with Crippen LogP contribution in [0.3, 0.4) is 0 Å². The molecule has 0 aromatic carbocycles. The van der Waals surface area contributed by atoms with Gasteiger partial charge in [-0.25, -0.2) is 4.79 Å². The van der Waals surface area contributed by atoms with Crippen LogP contribution in [0, 0.1) is 0 Å². The van der Waals surface area contributed by atoms with Gasteiger partial charge in [-0.15, -0.1) is 6.58 Å². The van der Waals surface area contributed by atoms with Crippen molar-refractivity contribution in [2.24, 2.45) is 0 Å². The third kappa shape index (κ3) is 6.38. The van der Waals surface area contributed by atoms with Crippen molar-refractivity contribution in [1.82, 2.24) is 4.98 Å². The summed E-state index contributed by atoms with van der Waals surface area (Å²) in [6, 6.07) is 3.42. The summed E-state index contributed by atoms with van der Waals surface area (Å²) in [6.07, 6.45) is 5.88. The molecule has 0 fully saturated rings. The number of hydrogen-bond donors (Lipinski definition) is 0. The molecular weight excluding hydrogens is 254 g/mol. The average Bonchev–Trinajstić information content (AvgIpc) is 2.38. The number of carbonyl (C=O) groups excluding carboxylic acids is 1. The van der Waals surface area contributed by atoms with Gasteiger partial charge in [0, 0.05) is 23.9 Å². The molecule has 17 heavy (non-hydrogen) atoms. The van der Waals surface area contributed by atoms with Gasteiger partial charge in [0.25, 0.3) is 0 Å². The van der Waals surface area contributed by atoms with Crippen LogP contribution in [0.1, 0.15) is 16.8 Å². The molecule has 5 heteroatoms. The van der Waals surface area contributed by atoms with Gasteiger partial charge in [-0.1, -0.05) is 27.7 Å². The minimum Gasteiger partial charge on any atom is -0.462 e. The van der Waals surface area contributed by atoms with Crippen molar-refractivity contribution in [2.45, 2.75) is 6.42 Å². The second kappa shape index (κ2) is 9.13. The Morgan fingerprint density at radius 2 is 2.41 bits per heavy atom. The van der Waals surface area contributed by atoms with E-state index in [0.29, 0.717) is 12.2 Å². The van der Waals surface area contributed by atoms with Crippen LogP contribution in [-0.4, -0.2) is 29.1 Å². The zero-order valence-corrected chi connectivity index (χ0v) is 11.1. The summed E-state index contributed by atoms with van der Waals surface area (Å²) in [4.78, 5) is 15.4. The van der Waals surface area contributed by atoms with E-state index in [2.05, 4.69) is 11.6 Å². The third-order valence-electron chi connectivity index (χ3n) is 1.77. The lowest BCUT2D eigenvalue weighted by molar-refractivity contribution is 0.0506. The molecule has 1 aromatic heterocycles. The van der Waals surface area contributed by atoms with Gasteiger partial charge < -0.3 is 4.74 Å². The Morgan fingerprint density at radius 3 is 3.12 bits per heavy atom. The van der Waals surface area contributed by atoms with Crippen molar-refractivity contribution in [1.29, 1.82) is 0 Å². The predicted octanol–water partition coefficient (Wildman–Crippen LogP) is 3.20. The number of hydrogen-bond acceptors (Lipinski definition) is 5. The summed E-state index contributed by atoms with van der Waals surface area (Å²) < 4.78 is 5.11. The number of esters is 1. The largest absolute Gasteiger partial charge is 0.462 e. The van der Waals surface area contributed by atoms with Gasteiger partial charge in [-0.3, -0.25) is 4.98 Å². The Balaban J connectivity index is 2.07. The van der Waals surface area contributed by atoms with Crippen LogP contribution in [0.2, 0.25) is 0 Å². The summed E-state index contributed by atoms with van der Waals surface area (Å²) in [6.45, 7) is 4.10. The molecule has 1 aromatic rings. The maximum absolute atomic E-state index is 11.5. The van der Waals surface area contributed by atoms with Gasteiger partial charge in [0.15, 0.2) is 0 Å². The normalized spacial score (nSPS) is 9.88. The number of nitrogens with zero attached hydrogens (tertiary/aromatic N) is 1. The van der Waals surface area contributed by atoms with Crippen molar-refractivity contribution >= 4 is 27.6 Å². The first kappa shape index (κ1) is 14.1. The minimum absolute atomic E-state index is 0.304. The first-order chi connectivity index (χ1) is 8.34. The molecule has 0 saturated carbocycles. The highest BCUT2D eigenvalue weighted by Gasteiger charge is 2.05. The number of aromatic nitrogens is 1. The van der Waals surface area contributed by atoms with Gasteiger partial charge >= 0.3 is 5.97 Å². The number of pyridine rings is 1. The molecule has 1 heterocycles. The van der Waals surface area contributed by atoms with E-state index in [9.17, 15) is 4.79 Å². The molecule has 0 bridgehead atoms. The van der Waals surface area contributed by atoms with E-state index in [0.717, 1.165) is 17.9 Å². The highest BCUT2D eigenvalue weighted by atomic mass is 33.1. The first-order valence-corrected chi connectivity index (χ1v) is 7.76. The van der Waals surface area contributed by atoms with Crippen LogP contribution >= 0.6 is 21.6 Å². The Kier molecular flexibility index (Phi) is 7.58. The summed E-state index contributed by atoms with van der Waals surface area (Å²) in [7, 11) is 3.52. The van der Waals surface area contributed by atoms with Crippen LogP contribution in [0.25, 0.3) is 0 Å². The van der Waals surface area contributed by atoms with Gasteiger partial charge in [0.05, 0.1) is 12.2 Å². The second-order valence-corrected chi connectivity index (χ2v) is 5.75. The highest BCUT2D eigenvalue weighted by Crippen LogP contribution is 2.21. The van der Waals surface area contributed by atoms with Gasteiger partial charge in [0.2, 0.25) is 0 Å². The van der Waals surface area contributed by atoms with E-state index in [1.165, 1.54) is 6.20 Å². The quantitative estimate of drug-likeness (QED) is 0.314. The summed E-state index contributed by atoms with van der Waals surface area (Å²) >= 11 is 0. The second-order valence-electron chi connectivity index (χ2n) is 3.13. The first-order valence-electron chi connectivity index (χ1n) is 5.27. The van der Waals surface area contributed by atoms with Crippen molar-refractivity contribution in [2.75, 3.05) is 18.1 Å². The van der Waals surface area contributed by atoms with Crippen LogP contribution < -0.4 is 0 Å². The standard InChI is InChI=1S/C12H15NO2S2/c1-2-8-16-17-9-4-7-15-12(14)11-5-3-6-13-10-11/h2-3,5-6,10H,1,4,7-9H2. The average molecular weight is 269 g/mol. The molecule has 0 radical (unpaired) electrons. The fraction of sp³-hybridized carbons (Fsp3) is 0.333. The molecular formula is C12H15NO2S2. The van der Waals surface area contributed by atoms with Crippen LogP contribution in [0.4, 0.5) is 0 Å². The summed E-state index contributed by atoms with van der Waals surface area (Å²) in [5.41, 5.74) is 0.501. The molecule has 0 atom stereocenters. The summed E-state index contributed by atoms with van der Waals surface area (Å²) in [5.74, 6) is 1.61. The van der Waals surface area contributed by atoms with Crippen LogP contribution in [0.15, 0.2) is 37.2 Å². The van der Waals surface area contributed by atoms with Crippen LogP contribution in [0.5, 0.6) is 0 Å². The highest BCUT2D eigenvalue weighted by molar-refractivity contribution is 8.76. The van der Waals surface area contributed by atoms with E-state index in [4.69, 9.17) is 4.74 Å². The fourth-order valence-electron chi connectivity index (χ4n) is 1.00. The van der Waals surface area contributed by atoms with E-state index in [1.54, 1.807) is 39.9 Å². The molecule has 0 unspecified atom stereocenters. The van der Waals surface area contributed by atoms with Gasteiger partial charge in [0.1, 0.15) is 0 Å². The molecule has 0 saturated heterocycles. The lowest BCUT2D eigenvalue weighted by Crippen LogP contribution is -2.07. The summed E-state index contributed by atoms with van der Waals surface area (Å²) in [5, 5.41) is 0. The fourth-order valence-corrected chi connectivity index (χ4v) is 2.84. The number of ether oxygens (including phenoxy) is 1. The Bertz CT molecular complexity index is 344. The zero-order valence-electron chi connectivity index (χ0n) is 9.50. The van der Waals surface area contributed by atoms with Crippen molar-refractivity contribution in [3.05, 3.63) is 42.7 Å². The number of rotatable bonds is 8. The monoisotopic (exact) mass is 269 g/mol. The lowest BCUT2D eigenvalue weighted by atomic mass is 10.3. The minimum atomic E-state index is -0.304. The molecule has 0 N–H and O–H groups in total. The van der Waals surface area contributed by atoms with E-state index in [-0.39, 0.29) is 5.97 Å². The molecule has 3 nitrogen and oxygen atoms in total. The van der Waals surface area contributed by atoms with E-state index in [1.807, 2.05) is 6.08 Å². The van der Waals surface area contributed by atoms with Gasteiger partial charge in [-0.05, 0) is 18.6 Å². The molecule has 0 spiro atoms. The van der Waals surface area contributed by atoms with Crippen molar-refractivity contribution in [3.8, 4) is 0 Å². The molecule has 0 aliphatic carbocycles. The van der Waals surface area contributed by atoms with Gasteiger partial charge in [-0.2, -0.15) is 0 Å². The van der Waals surface area contributed by atoms with Crippen LogP contribution in [-0.2, 0) is 4.74 Å². The molecule has 0 aliphatic rings. The lowest BCUT2D eigenvalue weighted by Gasteiger charge is -2.03. The van der Waals surface area contributed by atoms with E-state index < -0.39 is 0 Å². The third-order valence-corrected chi connectivity index (χ3v) is 4.17. The maximum atomic E-state index is 11.5. The molecule has 1 rings (SSSR count). The number of carbonyl (C=O) groups is 1. The predicted molar refractivity (Wildman–Crippen MR) is 74.2 cm³/mol. The maximum Gasteiger partial charge on any atom is 0.339 e. The Labute approximate surface area is 109 Å².